The van der Waals surface area contributed by atoms with Gasteiger partial charge in [-0.1, -0.05) is 48.5 Å². The summed E-state index contributed by atoms with van der Waals surface area (Å²) in [4.78, 5) is 0. The molecule has 0 heterocycles. The molecule has 0 nitrogen and oxygen atoms in total. The van der Waals surface area contributed by atoms with Crippen molar-refractivity contribution in [2.45, 2.75) is 12.4 Å². The summed E-state index contributed by atoms with van der Waals surface area (Å²) in [5.41, 5.74) is 0.360. The third-order valence-corrected chi connectivity index (χ3v) is 3.93. The maximum atomic E-state index is 12.8. The predicted molar refractivity (Wildman–Crippen MR) is 87.3 cm³/mol. The van der Waals surface area contributed by atoms with E-state index in [4.69, 9.17) is 0 Å². The molecule has 0 atom stereocenters. The van der Waals surface area contributed by atoms with Crippen molar-refractivity contribution in [1.29, 1.82) is 0 Å². The molecular formula is C20H12F6. The number of hydrogen-bond donors (Lipinski definition) is 0. The first kappa shape index (κ1) is 18.0. The second kappa shape index (κ2) is 6.52. The van der Waals surface area contributed by atoms with Gasteiger partial charge < -0.3 is 0 Å². The third kappa shape index (κ3) is 3.90. The summed E-state index contributed by atoms with van der Waals surface area (Å²) >= 11 is 0. The lowest BCUT2D eigenvalue weighted by Gasteiger charge is -2.11. The molecule has 0 aliphatic carbocycles. The van der Waals surface area contributed by atoms with Gasteiger partial charge in [-0.25, -0.2) is 0 Å². The van der Waals surface area contributed by atoms with Crippen LogP contribution in [0.4, 0.5) is 26.3 Å². The van der Waals surface area contributed by atoms with Gasteiger partial charge in [0, 0.05) is 0 Å². The molecule has 0 N–H and O–H groups in total. The molecule has 0 aliphatic rings. The molecule has 0 aliphatic heterocycles. The average Bonchev–Trinajstić information content (AvgIpc) is 2.61. The molecule has 6 heteroatoms. The van der Waals surface area contributed by atoms with E-state index in [0.29, 0.717) is 22.3 Å². The summed E-state index contributed by atoms with van der Waals surface area (Å²) in [7, 11) is 0. The van der Waals surface area contributed by atoms with Crippen molar-refractivity contribution in [3.8, 4) is 22.3 Å². The van der Waals surface area contributed by atoms with Gasteiger partial charge in [0.05, 0.1) is 11.1 Å². The highest BCUT2D eigenvalue weighted by molar-refractivity contribution is 5.71. The van der Waals surface area contributed by atoms with Crippen molar-refractivity contribution < 1.29 is 26.3 Å². The normalized spacial score (nSPS) is 12.2. The molecule has 134 valence electrons. The lowest BCUT2D eigenvalue weighted by Crippen LogP contribution is -2.04. The summed E-state index contributed by atoms with van der Waals surface area (Å²) in [5.74, 6) is 0. The fraction of sp³-hybridized carbons (Fsp3) is 0.100. The molecule has 3 rings (SSSR count). The van der Waals surface area contributed by atoms with E-state index in [9.17, 15) is 26.3 Å². The molecule has 0 fully saturated rings. The first-order valence-corrected chi connectivity index (χ1v) is 7.60. The van der Waals surface area contributed by atoms with E-state index in [1.165, 1.54) is 12.1 Å². The van der Waals surface area contributed by atoms with Crippen molar-refractivity contribution >= 4 is 0 Å². The van der Waals surface area contributed by atoms with Crippen LogP contribution in [0.1, 0.15) is 11.1 Å². The quantitative estimate of drug-likeness (QED) is 0.426. The molecule has 3 aromatic rings. The van der Waals surface area contributed by atoms with Gasteiger partial charge in [-0.15, -0.1) is 0 Å². The summed E-state index contributed by atoms with van der Waals surface area (Å²) in [5, 5.41) is 0. The van der Waals surface area contributed by atoms with Gasteiger partial charge in [0.25, 0.3) is 0 Å². The highest BCUT2D eigenvalue weighted by atomic mass is 19.4. The molecule has 0 amide bonds. The van der Waals surface area contributed by atoms with E-state index >= 15 is 0 Å². The Kier molecular flexibility index (Phi) is 4.52. The third-order valence-electron chi connectivity index (χ3n) is 3.93. The Balaban J connectivity index is 1.93. The van der Waals surface area contributed by atoms with Gasteiger partial charge in [-0.3, -0.25) is 0 Å². The first-order chi connectivity index (χ1) is 12.1. The molecule has 0 bridgehead atoms. The van der Waals surface area contributed by atoms with Crippen LogP contribution in [0.2, 0.25) is 0 Å². The van der Waals surface area contributed by atoms with Gasteiger partial charge in [0.1, 0.15) is 0 Å². The van der Waals surface area contributed by atoms with Gasteiger partial charge in [-0.2, -0.15) is 26.3 Å². The van der Waals surface area contributed by atoms with Gasteiger partial charge in [0.2, 0.25) is 0 Å². The summed E-state index contributed by atoms with van der Waals surface area (Å²) in [6.07, 6.45) is -8.87. The van der Waals surface area contributed by atoms with E-state index in [0.717, 1.165) is 24.3 Å². The Morgan fingerprint density at radius 3 is 1.08 bits per heavy atom. The van der Waals surface area contributed by atoms with E-state index in [1.807, 2.05) is 0 Å². The maximum Gasteiger partial charge on any atom is 0.416 e. The fourth-order valence-electron chi connectivity index (χ4n) is 2.61. The number of benzene rings is 3. The van der Waals surface area contributed by atoms with Crippen molar-refractivity contribution in [3.05, 3.63) is 83.9 Å². The molecular weight excluding hydrogens is 354 g/mol. The van der Waals surface area contributed by atoms with Crippen LogP contribution in [-0.4, -0.2) is 0 Å². The Morgan fingerprint density at radius 2 is 0.769 bits per heavy atom. The summed E-state index contributed by atoms with van der Waals surface area (Å²) < 4.78 is 76.9. The van der Waals surface area contributed by atoms with Crippen molar-refractivity contribution in [1.82, 2.24) is 0 Å². The van der Waals surface area contributed by atoms with Crippen LogP contribution in [0, 0.1) is 0 Å². The number of halogens is 6. The zero-order valence-corrected chi connectivity index (χ0v) is 13.2. The minimum absolute atomic E-state index is 0.385. The summed E-state index contributed by atoms with van der Waals surface area (Å²) in [6, 6.07) is 16.1. The monoisotopic (exact) mass is 366 g/mol. The first-order valence-electron chi connectivity index (χ1n) is 7.60. The lowest BCUT2D eigenvalue weighted by molar-refractivity contribution is -0.138. The highest BCUT2D eigenvalue weighted by Crippen LogP contribution is 2.34. The van der Waals surface area contributed by atoms with Crippen LogP contribution in [0.25, 0.3) is 22.3 Å². The Bertz CT molecular complexity index is 828. The molecule has 0 spiro atoms. The molecule has 26 heavy (non-hydrogen) atoms. The second-order valence-electron chi connectivity index (χ2n) is 5.73. The highest BCUT2D eigenvalue weighted by Gasteiger charge is 2.31. The molecule has 0 aromatic heterocycles. The topological polar surface area (TPSA) is 0 Å². The SMILES string of the molecule is FC(F)(F)c1cccc(-c2ccc(-c3cccc(C(F)(F)F)c3)cc2)c1. The fourth-order valence-corrected chi connectivity index (χ4v) is 2.61. The Morgan fingerprint density at radius 1 is 0.423 bits per heavy atom. The second-order valence-corrected chi connectivity index (χ2v) is 5.73. The van der Waals surface area contributed by atoms with Gasteiger partial charge >= 0.3 is 12.4 Å². The molecule has 0 unspecified atom stereocenters. The van der Waals surface area contributed by atoms with E-state index < -0.39 is 23.5 Å². The van der Waals surface area contributed by atoms with Gasteiger partial charge in [-0.05, 0) is 46.5 Å². The zero-order valence-electron chi connectivity index (χ0n) is 13.2. The van der Waals surface area contributed by atoms with Crippen LogP contribution < -0.4 is 0 Å². The van der Waals surface area contributed by atoms with Crippen molar-refractivity contribution in [2.75, 3.05) is 0 Å². The lowest BCUT2D eigenvalue weighted by atomic mass is 9.98. The van der Waals surface area contributed by atoms with Crippen LogP contribution in [0.3, 0.4) is 0 Å². The predicted octanol–water partition coefficient (Wildman–Crippen LogP) is 7.06. The minimum Gasteiger partial charge on any atom is -0.166 e. The Hall–Kier alpha value is -2.76. The standard InChI is InChI=1S/C20H12F6/c21-19(22,23)17-5-1-3-15(11-17)13-7-9-14(10-8-13)16-4-2-6-18(12-16)20(24,25)26/h1-12H. The van der Waals surface area contributed by atoms with E-state index in [1.54, 1.807) is 36.4 Å². The number of rotatable bonds is 2. The average molecular weight is 366 g/mol. The number of hydrogen-bond acceptors (Lipinski definition) is 0. The van der Waals surface area contributed by atoms with Crippen molar-refractivity contribution in [3.63, 3.8) is 0 Å². The van der Waals surface area contributed by atoms with Crippen LogP contribution in [-0.2, 0) is 12.4 Å². The number of alkyl halides is 6. The van der Waals surface area contributed by atoms with Crippen molar-refractivity contribution in [2.24, 2.45) is 0 Å². The van der Waals surface area contributed by atoms with Crippen LogP contribution in [0.5, 0.6) is 0 Å². The Labute approximate surface area is 145 Å². The molecule has 0 saturated heterocycles. The molecule has 0 saturated carbocycles. The van der Waals surface area contributed by atoms with Gasteiger partial charge in [0.15, 0.2) is 0 Å². The minimum atomic E-state index is -4.44. The van der Waals surface area contributed by atoms with Crippen LogP contribution >= 0.6 is 0 Å². The molecule has 3 aromatic carbocycles. The summed E-state index contributed by atoms with van der Waals surface area (Å²) in [6.45, 7) is 0. The maximum absolute atomic E-state index is 12.8. The van der Waals surface area contributed by atoms with E-state index in [2.05, 4.69) is 0 Å². The van der Waals surface area contributed by atoms with Crippen LogP contribution in [0.15, 0.2) is 72.8 Å². The van der Waals surface area contributed by atoms with E-state index in [-0.39, 0.29) is 0 Å². The smallest absolute Gasteiger partial charge is 0.166 e. The molecule has 0 radical (unpaired) electrons. The zero-order chi connectivity index (χ0) is 18.9. The largest absolute Gasteiger partial charge is 0.416 e.